The van der Waals surface area contributed by atoms with Crippen LogP contribution in [0.25, 0.3) is 0 Å². The minimum atomic E-state index is -0.942. The normalized spacial score (nSPS) is 11.5. The monoisotopic (exact) mass is 368 g/mol. The van der Waals surface area contributed by atoms with Crippen molar-refractivity contribution in [1.82, 2.24) is 10.9 Å². The molecular weight excluding hydrogens is 354 g/mol. The number of rotatable bonds is 5. The van der Waals surface area contributed by atoms with Gasteiger partial charge in [-0.15, -0.1) is 0 Å². The molecule has 2 N–H and O–H groups in total. The molecule has 2 rings (SSSR count). The molecule has 0 aliphatic rings. The Morgan fingerprint density at radius 3 is 2.44 bits per heavy atom. The van der Waals surface area contributed by atoms with Gasteiger partial charge in [-0.25, -0.2) is 8.78 Å². The number of hydrogen-bond donors (Lipinski definition) is 2. The van der Waals surface area contributed by atoms with E-state index in [2.05, 4.69) is 10.9 Å². The highest BCUT2D eigenvalue weighted by molar-refractivity contribution is 6.31. The topological polar surface area (TPSA) is 67.4 Å². The van der Waals surface area contributed by atoms with Gasteiger partial charge in [-0.1, -0.05) is 17.7 Å². The van der Waals surface area contributed by atoms with Gasteiger partial charge in [0.15, 0.2) is 6.10 Å². The molecule has 0 fully saturated rings. The summed E-state index contributed by atoms with van der Waals surface area (Å²) < 4.78 is 31.7. The lowest BCUT2D eigenvalue weighted by atomic mass is 10.1. The number of hydrazine groups is 1. The van der Waals surface area contributed by atoms with Crippen LogP contribution in [0, 0.1) is 11.6 Å². The van der Waals surface area contributed by atoms with Crippen molar-refractivity contribution in [3.63, 3.8) is 0 Å². The average molecular weight is 369 g/mol. The Balaban J connectivity index is 1.84. The van der Waals surface area contributed by atoms with Crippen LogP contribution in [0.2, 0.25) is 5.02 Å². The molecule has 0 saturated carbocycles. The van der Waals surface area contributed by atoms with Gasteiger partial charge >= 0.3 is 0 Å². The number of hydrogen-bond acceptors (Lipinski definition) is 3. The maximum absolute atomic E-state index is 13.6. The second-order valence-electron chi connectivity index (χ2n) is 5.13. The fraction of sp³-hybridized carbons (Fsp3) is 0.176. The average Bonchev–Trinajstić information content (AvgIpc) is 2.58. The zero-order valence-corrected chi connectivity index (χ0v) is 13.9. The van der Waals surface area contributed by atoms with Gasteiger partial charge in [0.05, 0.1) is 6.42 Å². The quantitative estimate of drug-likeness (QED) is 0.797. The third kappa shape index (κ3) is 5.42. The van der Waals surface area contributed by atoms with Crippen LogP contribution in [-0.2, 0) is 16.0 Å². The molecule has 25 heavy (non-hydrogen) atoms. The number of ether oxygens (including phenoxy) is 1. The molecule has 0 aromatic heterocycles. The maximum Gasteiger partial charge on any atom is 0.279 e. The molecule has 2 aromatic carbocycles. The zero-order chi connectivity index (χ0) is 18.4. The summed E-state index contributed by atoms with van der Waals surface area (Å²) in [5.41, 5.74) is 4.36. The Hall–Kier alpha value is -2.67. The largest absolute Gasteiger partial charge is 0.481 e. The van der Waals surface area contributed by atoms with Crippen molar-refractivity contribution < 1.29 is 23.1 Å². The number of nitrogens with one attached hydrogen (secondary N) is 2. The Morgan fingerprint density at radius 2 is 1.80 bits per heavy atom. The van der Waals surface area contributed by atoms with E-state index < -0.39 is 29.6 Å². The van der Waals surface area contributed by atoms with E-state index in [1.165, 1.54) is 49.4 Å². The van der Waals surface area contributed by atoms with Crippen molar-refractivity contribution >= 4 is 23.4 Å². The lowest BCUT2D eigenvalue weighted by molar-refractivity contribution is -0.132. The number of halogens is 3. The van der Waals surface area contributed by atoms with Crippen LogP contribution in [0.1, 0.15) is 12.5 Å². The predicted octanol–water partition coefficient (Wildman–Crippen LogP) is 2.78. The Morgan fingerprint density at radius 1 is 1.12 bits per heavy atom. The first-order valence-electron chi connectivity index (χ1n) is 7.30. The smallest absolute Gasteiger partial charge is 0.279 e. The van der Waals surface area contributed by atoms with E-state index in [1.807, 2.05) is 0 Å². The molecule has 0 radical (unpaired) electrons. The van der Waals surface area contributed by atoms with E-state index in [4.69, 9.17) is 16.3 Å². The first-order chi connectivity index (χ1) is 11.9. The standard InChI is InChI=1S/C17H15ClF2N2O3/c1-10(25-12-7-5-11(19)6-8-12)17(24)22-21-16(23)9-13-14(18)3-2-4-15(13)20/h2-8,10H,9H2,1H3,(H,21,23)(H,22,24)/t10-/m0/s1. The van der Waals surface area contributed by atoms with Crippen LogP contribution < -0.4 is 15.6 Å². The lowest BCUT2D eigenvalue weighted by Gasteiger charge is -2.15. The van der Waals surface area contributed by atoms with Crippen LogP contribution in [0.4, 0.5) is 8.78 Å². The van der Waals surface area contributed by atoms with E-state index in [-0.39, 0.29) is 17.0 Å². The van der Waals surface area contributed by atoms with E-state index in [1.54, 1.807) is 0 Å². The van der Waals surface area contributed by atoms with Gasteiger partial charge in [-0.2, -0.15) is 0 Å². The van der Waals surface area contributed by atoms with E-state index in [0.717, 1.165) is 0 Å². The van der Waals surface area contributed by atoms with Gasteiger partial charge in [-0.05, 0) is 43.3 Å². The van der Waals surface area contributed by atoms with Gasteiger partial charge < -0.3 is 4.74 Å². The van der Waals surface area contributed by atoms with Gasteiger partial charge in [0.25, 0.3) is 5.91 Å². The predicted molar refractivity (Wildman–Crippen MR) is 87.9 cm³/mol. The van der Waals surface area contributed by atoms with Crippen LogP contribution >= 0.6 is 11.6 Å². The summed E-state index contributed by atoms with van der Waals surface area (Å²) in [6, 6.07) is 9.21. The summed E-state index contributed by atoms with van der Waals surface area (Å²) >= 11 is 5.83. The molecular formula is C17H15ClF2N2O3. The summed E-state index contributed by atoms with van der Waals surface area (Å²) in [5.74, 6) is -2.01. The van der Waals surface area contributed by atoms with Crippen molar-refractivity contribution in [2.24, 2.45) is 0 Å². The number of amides is 2. The molecule has 5 nitrogen and oxygen atoms in total. The minimum absolute atomic E-state index is 0.0338. The third-order valence-corrected chi connectivity index (χ3v) is 3.57. The molecule has 8 heteroatoms. The van der Waals surface area contributed by atoms with Gasteiger partial charge in [0.2, 0.25) is 5.91 Å². The SMILES string of the molecule is C[C@H](Oc1ccc(F)cc1)C(=O)NNC(=O)Cc1c(F)cccc1Cl. The van der Waals surface area contributed by atoms with Crippen LogP contribution in [0.15, 0.2) is 42.5 Å². The molecule has 2 aromatic rings. The molecule has 0 unspecified atom stereocenters. The summed E-state index contributed by atoms with van der Waals surface area (Å²) in [4.78, 5) is 23.7. The molecule has 2 amide bonds. The molecule has 1 atom stereocenters. The van der Waals surface area contributed by atoms with E-state index in [0.29, 0.717) is 5.75 Å². The summed E-state index contributed by atoms with van der Waals surface area (Å²) in [6.45, 7) is 1.46. The van der Waals surface area contributed by atoms with Crippen molar-refractivity contribution in [2.75, 3.05) is 0 Å². The van der Waals surface area contributed by atoms with Gasteiger partial charge in [-0.3, -0.25) is 20.4 Å². The van der Waals surface area contributed by atoms with Gasteiger partial charge in [0.1, 0.15) is 17.4 Å². The van der Waals surface area contributed by atoms with E-state index in [9.17, 15) is 18.4 Å². The molecule has 0 saturated heterocycles. The second kappa shape index (κ2) is 8.43. The van der Waals surface area contributed by atoms with Crippen molar-refractivity contribution in [2.45, 2.75) is 19.4 Å². The molecule has 0 spiro atoms. The van der Waals surface area contributed by atoms with E-state index >= 15 is 0 Å². The van der Waals surface area contributed by atoms with Crippen LogP contribution in [0.5, 0.6) is 5.75 Å². The fourth-order valence-electron chi connectivity index (χ4n) is 1.91. The summed E-state index contributed by atoms with van der Waals surface area (Å²) in [6.07, 6.45) is -1.28. The zero-order valence-electron chi connectivity index (χ0n) is 13.2. The van der Waals surface area contributed by atoms with Crippen LogP contribution in [-0.4, -0.2) is 17.9 Å². The summed E-state index contributed by atoms with van der Waals surface area (Å²) in [7, 11) is 0. The molecule has 0 bridgehead atoms. The maximum atomic E-state index is 13.6. The van der Waals surface area contributed by atoms with Crippen LogP contribution in [0.3, 0.4) is 0 Å². The third-order valence-electron chi connectivity index (χ3n) is 3.22. The number of carbonyl (C=O) groups excluding carboxylic acids is 2. The van der Waals surface area contributed by atoms with Crippen molar-refractivity contribution in [3.05, 3.63) is 64.7 Å². The number of carbonyl (C=O) groups is 2. The second-order valence-corrected chi connectivity index (χ2v) is 5.54. The highest BCUT2D eigenvalue weighted by Crippen LogP contribution is 2.19. The Bertz CT molecular complexity index is 749. The lowest BCUT2D eigenvalue weighted by Crippen LogP contribution is -2.47. The Labute approximate surface area is 147 Å². The first-order valence-corrected chi connectivity index (χ1v) is 7.68. The van der Waals surface area contributed by atoms with Gasteiger partial charge in [0, 0.05) is 10.6 Å². The minimum Gasteiger partial charge on any atom is -0.481 e. The molecule has 132 valence electrons. The highest BCUT2D eigenvalue weighted by Gasteiger charge is 2.17. The first kappa shape index (κ1) is 18.7. The molecule has 0 heterocycles. The number of benzene rings is 2. The Kier molecular flexibility index (Phi) is 6.30. The summed E-state index contributed by atoms with van der Waals surface area (Å²) in [5, 5.41) is 0.120. The fourth-order valence-corrected chi connectivity index (χ4v) is 2.14. The molecule has 0 aliphatic carbocycles. The molecule has 0 aliphatic heterocycles. The van der Waals surface area contributed by atoms with Crippen molar-refractivity contribution in [3.8, 4) is 5.75 Å². The highest BCUT2D eigenvalue weighted by atomic mass is 35.5. The van der Waals surface area contributed by atoms with Crippen molar-refractivity contribution in [1.29, 1.82) is 0 Å².